The van der Waals surface area contributed by atoms with Crippen molar-refractivity contribution in [2.75, 3.05) is 0 Å². The van der Waals surface area contributed by atoms with Gasteiger partial charge in [0.2, 0.25) is 0 Å². The second-order valence-electron chi connectivity index (χ2n) is 3.45. The number of carboxylic acid groups (broad SMARTS) is 1. The highest BCUT2D eigenvalue weighted by molar-refractivity contribution is 5.67. The first-order valence-electron chi connectivity index (χ1n) is 4.82. The van der Waals surface area contributed by atoms with E-state index in [1.54, 1.807) is 0 Å². The maximum Gasteiger partial charge on any atom is 0.303 e. The van der Waals surface area contributed by atoms with Gasteiger partial charge in [0.1, 0.15) is 0 Å². The third-order valence-electron chi connectivity index (χ3n) is 2.26. The number of aliphatic carboxylic acids is 1. The van der Waals surface area contributed by atoms with Gasteiger partial charge in [0.05, 0.1) is 0 Å². The minimum atomic E-state index is -2.80. The lowest BCUT2D eigenvalue weighted by Crippen LogP contribution is -2.02. The predicted octanol–water partition coefficient (Wildman–Crippen LogP) is 3.58. The van der Waals surface area contributed by atoms with E-state index in [-0.39, 0.29) is 24.0 Å². The highest BCUT2D eigenvalue weighted by Gasteiger charge is 2.16. The molecule has 0 amide bonds. The van der Waals surface area contributed by atoms with Gasteiger partial charge >= 0.3 is 5.97 Å². The number of aryl methyl sites for hydroxylation is 1. The van der Waals surface area contributed by atoms with E-state index in [1.807, 2.05) is 0 Å². The Balaban J connectivity index is 3.02. The second-order valence-corrected chi connectivity index (χ2v) is 3.45. The van der Waals surface area contributed by atoms with Crippen molar-refractivity contribution in [3.05, 3.63) is 34.9 Å². The number of carboxylic acids is 1. The fourth-order valence-electron chi connectivity index (χ4n) is 1.43. The summed E-state index contributed by atoms with van der Waals surface area (Å²) in [6.45, 7) is 0. The van der Waals surface area contributed by atoms with Gasteiger partial charge < -0.3 is 5.11 Å². The van der Waals surface area contributed by atoms with Gasteiger partial charge in [0.15, 0.2) is 0 Å². The van der Waals surface area contributed by atoms with Crippen LogP contribution < -0.4 is 0 Å². The largest absolute Gasteiger partial charge is 0.481 e. The van der Waals surface area contributed by atoms with Crippen LogP contribution in [0.3, 0.4) is 0 Å². The molecule has 0 bridgehead atoms. The van der Waals surface area contributed by atoms with Crippen LogP contribution in [0.5, 0.6) is 0 Å². The molecule has 0 aliphatic carbocycles. The van der Waals surface area contributed by atoms with Crippen molar-refractivity contribution in [1.82, 2.24) is 0 Å². The Labute approximate surface area is 94.9 Å². The van der Waals surface area contributed by atoms with Crippen LogP contribution in [0.4, 0.5) is 17.6 Å². The molecule has 0 saturated heterocycles. The Morgan fingerprint density at radius 3 is 2.29 bits per heavy atom. The highest BCUT2D eigenvalue weighted by Crippen LogP contribution is 2.28. The van der Waals surface area contributed by atoms with E-state index in [0.29, 0.717) is 0 Å². The summed E-state index contributed by atoms with van der Waals surface area (Å²) in [7, 11) is 0. The molecule has 1 aromatic carbocycles. The molecule has 0 radical (unpaired) electrons. The molecule has 1 rings (SSSR count). The SMILES string of the molecule is O=C(O)CCc1cc(C(F)F)ccc1C(F)F. The van der Waals surface area contributed by atoms with Crippen molar-refractivity contribution in [1.29, 1.82) is 0 Å². The third-order valence-corrected chi connectivity index (χ3v) is 2.26. The average molecular weight is 250 g/mol. The lowest BCUT2D eigenvalue weighted by Gasteiger charge is -2.10. The van der Waals surface area contributed by atoms with Crippen molar-refractivity contribution in [3.8, 4) is 0 Å². The zero-order valence-electron chi connectivity index (χ0n) is 8.67. The summed E-state index contributed by atoms with van der Waals surface area (Å²) in [6.07, 6.45) is -6.11. The molecule has 0 atom stereocenters. The van der Waals surface area contributed by atoms with Crippen molar-refractivity contribution in [2.24, 2.45) is 0 Å². The lowest BCUT2D eigenvalue weighted by atomic mass is 10.00. The Hall–Kier alpha value is -1.59. The van der Waals surface area contributed by atoms with E-state index in [9.17, 15) is 22.4 Å². The van der Waals surface area contributed by atoms with E-state index < -0.39 is 24.4 Å². The van der Waals surface area contributed by atoms with Gasteiger partial charge in [-0.05, 0) is 18.1 Å². The van der Waals surface area contributed by atoms with E-state index in [4.69, 9.17) is 5.11 Å². The van der Waals surface area contributed by atoms with E-state index in [0.717, 1.165) is 18.2 Å². The summed E-state index contributed by atoms with van der Waals surface area (Å²) in [5.74, 6) is -1.16. The fraction of sp³-hybridized carbons (Fsp3) is 0.364. The van der Waals surface area contributed by atoms with Crippen molar-refractivity contribution in [2.45, 2.75) is 25.7 Å². The predicted molar refractivity (Wildman–Crippen MR) is 52.3 cm³/mol. The van der Waals surface area contributed by atoms with Gasteiger partial charge in [-0.3, -0.25) is 4.79 Å². The Bertz CT molecular complexity index is 404. The molecule has 0 spiro atoms. The van der Waals surface area contributed by atoms with Gasteiger partial charge in [-0.1, -0.05) is 12.1 Å². The summed E-state index contributed by atoms with van der Waals surface area (Å²) >= 11 is 0. The number of alkyl halides is 4. The first kappa shape index (κ1) is 13.5. The molecular weight excluding hydrogens is 240 g/mol. The summed E-state index contributed by atoms with van der Waals surface area (Å²) < 4.78 is 49.8. The van der Waals surface area contributed by atoms with Crippen LogP contribution in [0.25, 0.3) is 0 Å². The van der Waals surface area contributed by atoms with Gasteiger partial charge in [0, 0.05) is 17.5 Å². The van der Waals surface area contributed by atoms with Crippen molar-refractivity contribution in [3.63, 3.8) is 0 Å². The highest BCUT2D eigenvalue weighted by atomic mass is 19.3. The molecular formula is C11H10F4O2. The van der Waals surface area contributed by atoms with Gasteiger partial charge in [-0.2, -0.15) is 0 Å². The molecule has 2 nitrogen and oxygen atoms in total. The molecule has 94 valence electrons. The summed E-state index contributed by atoms with van der Waals surface area (Å²) in [6, 6.07) is 2.79. The van der Waals surface area contributed by atoms with E-state index in [2.05, 4.69) is 0 Å². The van der Waals surface area contributed by atoms with Crippen LogP contribution in [0.1, 0.15) is 36.0 Å². The molecule has 0 aromatic heterocycles. The van der Waals surface area contributed by atoms with Crippen LogP contribution in [-0.4, -0.2) is 11.1 Å². The van der Waals surface area contributed by atoms with Crippen LogP contribution >= 0.6 is 0 Å². The Morgan fingerprint density at radius 2 is 1.82 bits per heavy atom. The van der Waals surface area contributed by atoms with Crippen LogP contribution in [0.15, 0.2) is 18.2 Å². The number of rotatable bonds is 5. The lowest BCUT2D eigenvalue weighted by molar-refractivity contribution is -0.136. The Morgan fingerprint density at radius 1 is 1.18 bits per heavy atom. The molecule has 0 unspecified atom stereocenters. The zero-order valence-corrected chi connectivity index (χ0v) is 8.67. The normalized spacial score (nSPS) is 11.2. The van der Waals surface area contributed by atoms with Crippen molar-refractivity contribution < 1.29 is 27.5 Å². The zero-order chi connectivity index (χ0) is 13.0. The summed E-state index contributed by atoms with van der Waals surface area (Å²) in [4.78, 5) is 10.3. The fourth-order valence-corrected chi connectivity index (χ4v) is 1.43. The van der Waals surface area contributed by atoms with Crippen molar-refractivity contribution >= 4 is 5.97 Å². The van der Waals surface area contributed by atoms with Gasteiger partial charge in [-0.25, -0.2) is 17.6 Å². The maximum absolute atomic E-state index is 12.5. The topological polar surface area (TPSA) is 37.3 Å². The van der Waals surface area contributed by atoms with Crippen LogP contribution in [0, 0.1) is 0 Å². The average Bonchev–Trinajstić information content (AvgIpc) is 2.25. The number of hydrogen-bond donors (Lipinski definition) is 1. The number of benzene rings is 1. The minimum Gasteiger partial charge on any atom is -0.481 e. The minimum absolute atomic E-state index is 0.0415. The molecule has 1 aromatic rings. The molecule has 0 fully saturated rings. The first-order valence-corrected chi connectivity index (χ1v) is 4.82. The maximum atomic E-state index is 12.5. The number of halogens is 4. The van der Waals surface area contributed by atoms with E-state index >= 15 is 0 Å². The Kier molecular flexibility index (Phi) is 4.48. The van der Waals surface area contributed by atoms with Crippen LogP contribution in [0.2, 0.25) is 0 Å². The smallest absolute Gasteiger partial charge is 0.303 e. The first-order chi connectivity index (χ1) is 7.91. The van der Waals surface area contributed by atoms with Gasteiger partial charge in [-0.15, -0.1) is 0 Å². The third kappa shape index (κ3) is 3.72. The summed E-state index contributed by atoms with van der Waals surface area (Å²) in [5.41, 5.74) is -0.814. The molecule has 0 aliphatic heterocycles. The summed E-state index contributed by atoms with van der Waals surface area (Å²) in [5, 5.41) is 8.45. The van der Waals surface area contributed by atoms with E-state index in [1.165, 1.54) is 0 Å². The number of hydrogen-bond acceptors (Lipinski definition) is 1. The monoisotopic (exact) mass is 250 g/mol. The number of carbonyl (C=O) groups is 1. The second kappa shape index (κ2) is 5.65. The molecule has 0 heterocycles. The molecule has 0 aliphatic rings. The molecule has 17 heavy (non-hydrogen) atoms. The molecule has 6 heteroatoms. The quantitative estimate of drug-likeness (QED) is 0.811. The van der Waals surface area contributed by atoms with Gasteiger partial charge in [0.25, 0.3) is 12.9 Å². The molecule has 0 saturated carbocycles. The standard InChI is InChI=1S/C11H10F4O2/c12-10(13)7-1-3-8(11(14)15)6(5-7)2-4-9(16)17/h1,3,5,10-11H,2,4H2,(H,16,17). The molecule has 1 N–H and O–H groups in total. The van der Waals surface area contributed by atoms with Crippen LogP contribution in [-0.2, 0) is 11.2 Å².